The first kappa shape index (κ1) is 18.5. The smallest absolute Gasteiger partial charge is 0.274 e. The number of amides is 1. The van der Waals surface area contributed by atoms with Crippen molar-refractivity contribution >= 4 is 11.6 Å². The van der Waals surface area contributed by atoms with E-state index in [4.69, 9.17) is 0 Å². The number of para-hydroxylation sites is 1. The third-order valence-corrected chi connectivity index (χ3v) is 5.56. The van der Waals surface area contributed by atoms with E-state index in [0.717, 1.165) is 44.6 Å². The summed E-state index contributed by atoms with van der Waals surface area (Å²) in [5, 5.41) is 0. The topological polar surface area (TPSA) is 39.3 Å². The Morgan fingerprint density at radius 1 is 0.929 bits per heavy atom. The molecule has 0 saturated carbocycles. The van der Waals surface area contributed by atoms with E-state index in [-0.39, 0.29) is 11.9 Å². The van der Waals surface area contributed by atoms with Gasteiger partial charge in [0, 0.05) is 37.6 Å². The van der Waals surface area contributed by atoms with Gasteiger partial charge >= 0.3 is 0 Å². The van der Waals surface area contributed by atoms with Crippen molar-refractivity contribution in [2.45, 2.75) is 25.3 Å². The third kappa shape index (κ3) is 4.34. The van der Waals surface area contributed by atoms with E-state index in [1.807, 2.05) is 53.6 Å². The Hall–Kier alpha value is -2.85. The maximum absolute atomic E-state index is 13.2. The molecule has 1 aliphatic heterocycles. The summed E-state index contributed by atoms with van der Waals surface area (Å²) in [5.41, 5.74) is 3.01. The minimum absolute atomic E-state index is 0.0546. The number of anilines is 1. The molecule has 1 aliphatic rings. The zero-order valence-electron chi connectivity index (χ0n) is 16.1. The lowest BCUT2D eigenvalue weighted by Gasteiger charge is -2.38. The number of rotatable bonds is 6. The number of aromatic nitrogens is 1. The quantitative estimate of drug-likeness (QED) is 0.697. The molecule has 3 aromatic rings. The molecule has 4 rings (SSSR count). The Kier molecular flexibility index (Phi) is 5.88. The average molecular weight is 374 g/mol. The molecule has 0 radical (unpaired) electrons. The summed E-state index contributed by atoms with van der Waals surface area (Å²) in [7, 11) is 0. The molecule has 0 atom stereocenters. The Labute approximate surface area is 166 Å². The van der Waals surface area contributed by atoms with E-state index in [0.29, 0.717) is 5.69 Å². The second-order valence-electron chi connectivity index (χ2n) is 7.40. The molecule has 0 spiro atoms. The maximum atomic E-state index is 13.2. The van der Waals surface area contributed by atoms with Crippen molar-refractivity contribution in [3.05, 3.63) is 90.3 Å². The van der Waals surface area contributed by atoms with Crippen LogP contribution in [0.3, 0.4) is 0 Å². The number of carbonyl (C=O) groups excluding carboxylic acids is 1. The fourth-order valence-corrected chi connectivity index (χ4v) is 4.01. The first-order chi connectivity index (χ1) is 13.8. The molecule has 28 heavy (non-hydrogen) atoms. The summed E-state index contributed by atoms with van der Waals surface area (Å²) in [5.74, 6) is 0.0546. The highest BCUT2D eigenvalue weighted by atomic mass is 16.2. The van der Waals surface area contributed by atoms with E-state index in [1.165, 1.54) is 5.56 Å². The van der Waals surface area contributed by atoms with Gasteiger partial charge in [-0.25, -0.2) is 0 Å². The van der Waals surface area contributed by atoms with Crippen LogP contribution < -0.4 is 4.90 Å². The minimum Gasteiger partial charge on any atom is -0.357 e. The van der Waals surface area contributed by atoms with Gasteiger partial charge in [-0.1, -0.05) is 48.5 Å². The van der Waals surface area contributed by atoms with Crippen LogP contribution in [0.1, 0.15) is 28.9 Å². The lowest BCUT2D eigenvalue weighted by atomic mass is 10.0. The highest BCUT2D eigenvalue weighted by molar-refractivity contribution is 6.05. The Morgan fingerprint density at radius 2 is 1.61 bits per heavy atom. The second-order valence-corrected chi connectivity index (χ2v) is 7.40. The highest BCUT2D eigenvalue weighted by Gasteiger charge is 2.30. The van der Waals surface area contributed by atoms with Gasteiger partial charge in [-0.05, 0) is 49.1 Å². The van der Waals surface area contributed by atoms with Gasteiger partial charge in [-0.2, -0.15) is 0 Å². The van der Waals surface area contributed by atoms with Gasteiger partial charge in [0.1, 0.15) is 5.69 Å². The highest BCUT2D eigenvalue weighted by Crippen LogP contribution is 2.25. The molecule has 2 heterocycles. The zero-order valence-corrected chi connectivity index (χ0v) is 16.1. The molecule has 0 unspecified atom stereocenters. The molecule has 1 amide bonds. The number of aromatic amines is 1. The summed E-state index contributed by atoms with van der Waals surface area (Å²) < 4.78 is 0. The Morgan fingerprint density at radius 3 is 2.25 bits per heavy atom. The van der Waals surface area contributed by atoms with Crippen molar-refractivity contribution in [2.24, 2.45) is 0 Å². The molecular weight excluding hydrogens is 346 g/mol. The van der Waals surface area contributed by atoms with Gasteiger partial charge in [-0.3, -0.25) is 4.79 Å². The number of nitrogens with zero attached hydrogens (tertiary/aromatic N) is 2. The van der Waals surface area contributed by atoms with Crippen molar-refractivity contribution in [1.82, 2.24) is 9.88 Å². The molecule has 1 saturated heterocycles. The van der Waals surface area contributed by atoms with Crippen molar-refractivity contribution in [2.75, 3.05) is 24.5 Å². The van der Waals surface area contributed by atoms with Crippen molar-refractivity contribution in [3.63, 3.8) is 0 Å². The van der Waals surface area contributed by atoms with Gasteiger partial charge in [-0.15, -0.1) is 0 Å². The zero-order chi connectivity index (χ0) is 19.2. The van der Waals surface area contributed by atoms with Gasteiger partial charge < -0.3 is 14.8 Å². The number of H-pyrrole nitrogens is 1. The Balaban J connectivity index is 1.42. The van der Waals surface area contributed by atoms with E-state index < -0.39 is 0 Å². The van der Waals surface area contributed by atoms with Crippen molar-refractivity contribution in [3.8, 4) is 0 Å². The SMILES string of the molecule is O=C(c1ccc[nH]1)N(c1ccccc1)C1CCN(CCc2ccccc2)CC1. The number of nitrogens with one attached hydrogen (secondary N) is 1. The lowest BCUT2D eigenvalue weighted by molar-refractivity contribution is 0.0956. The largest absolute Gasteiger partial charge is 0.357 e. The van der Waals surface area contributed by atoms with E-state index in [1.54, 1.807) is 0 Å². The first-order valence-corrected chi connectivity index (χ1v) is 10.1. The summed E-state index contributed by atoms with van der Waals surface area (Å²) in [6.45, 7) is 3.13. The van der Waals surface area contributed by atoms with Crippen LogP contribution in [0, 0.1) is 0 Å². The number of carbonyl (C=O) groups is 1. The first-order valence-electron chi connectivity index (χ1n) is 10.1. The van der Waals surface area contributed by atoms with Crippen molar-refractivity contribution < 1.29 is 4.79 Å². The van der Waals surface area contributed by atoms with Crippen LogP contribution in [-0.2, 0) is 6.42 Å². The van der Waals surface area contributed by atoms with E-state index >= 15 is 0 Å². The Bertz CT molecular complexity index is 853. The normalized spacial score (nSPS) is 15.4. The van der Waals surface area contributed by atoms with Crippen molar-refractivity contribution in [1.29, 1.82) is 0 Å². The minimum atomic E-state index is 0.0546. The maximum Gasteiger partial charge on any atom is 0.274 e. The predicted molar refractivity (Wildman–Crippen MR) is 114 cm³/mol. The lowest BCUT2D eigenvalue weighted by Crippen LogP contribution is -2.48. The van der Waals surface area contributed by atoms with Crippen LogP contribution in [0.15, 0.2) is 79.0 Å². The van der Waals surface area contributed by atoms with Crippen LogP contribution in [-0.4, -0.2) is 41.5 Å². The summed E-state index contributed by atoms with van der Waals surface area (Å²) in [4.78, 5) is 20.8. The molecule has 0 aliphatic carbocycles. The van der Waals surface area contributed by atoms with Gasteiger partial charge in [0.15, 0.2) is 0 Å². The van der Waals surface area contributed by atoms with E-state index in [9.17, 15) is 4.79 Å². The van der Waals surface area contributed by atoms with Crippen LogP contribution in [0.25, 0.3) is 0 Å². The van der Waals surface area contributed by atoms with Crippen LogP contribution in [0.5, 0.6) is 0 Å². The molecule has 1 N–H and O–H groups in total. The summed E-state index contributed by atoms with van der Waals surface area (Å²) in [6.07, 6.45) is 4.88. The fraction of sp³-hybridized carbons (Fsp3) is 0.292. The molecule has 2 aromatic carbocycles. The standard InChI is InChI=1S/C24H27N3O/c28-24(23-12-7-16-25-23)27(21-10-5-2-6-11-21)22-14-18-26(19-15-22)17-13-20-8-3-1-4-9-20/h1-12,16,22,25H,13-15,17-19H2. The van der Waals surface area contributed by atoms with Gasteiger partial charge in [0.25, 0.3) is 5.91 Å². The molecule has 1 aromatic heterocycles. The van der Waals surface area contributed by atoms with Crippen LogP contribution in [0.2, 0.25) is 0 Å². The molecular formula is C24H27N3O. The monoisotopic (exact) mass is 373 g/mol. The molecule has 0 bridgehead atoms. The van der Waals surface area contributed by atoms with Crippen LogP contribution >= 0.6 is 0 Å². The fourth-order valence-electron chi connectivity index (χ4n) is 4.01. The summed E-state index contributed by atoms with van der Waals surface area (Å²) in [6, 6.07) is 24.7. The molecule has 4 nitrogen and oxygen atoms in total. The number of hydrogen-bond donors (Lipinski definition) is 1. The predicted octanol–water partition coefficient (Wildman–Crippen LogP) is 4.37. The molecule has 1 fully saturated rings. The number of benzene rings is 2. The molecule has 144 valence electrons. The van der Waals surface area contributed by atoms with Gasteiger partial charge in [0.2, 0.25) is 0 Å². The number of piperidine rings is 1. The van der Waals surface area contributed by atoms with E-state index in [2.05, 4.69) is 40.2 Å². The number of likely N-dealkylation sites (tertiary alicyclic amines) is 1. The summed E-state index contributed by atoms with van der Waals surface area (Å²) >= 11 is 0. The molecule has 4 heteroatoms. The number of hydrogen-bond acceptors (Lipinski definition) is 2. The van der Waals surface area contributed by atoms with Gasteiger partial charge in [0.05, 0.1) is 0 Å². The second kappa shape index (κ2) is 8.89. The third-order valence-electron chi connectivity index (χ3n) is 5.56. The average Bonchev–Trinajstić information content (AvgIpc) is 3.30. The van der Waals surface area contributed by atoms with Crippen LogP contribution in [0.4, 0.5) is 5.69 Å².